The summed E-state index contributed by atoms with van der Waals surface area (Å²) in [5, 5.41) is 14.1. The number of hydrogen-bond donors (Lipinski definition) is 1. The highest BCUT2D eigenvalue weighted by Crippen LogP contribution is 2.34. The molecule has 0 aromatic heterocycles. The summed E-state index contributed by atoms with van der Waals surface area (Å²) in [5.74, 6) is 0.0158. The third-order valence-electron chi connectivity index (χ3n) is 3.00. The minimum atomic E-state index is -0.460. The highest BCUT2D eigenvalue weighted by Gasteiger charge is 2.19. The van der Waals surface area contributed by atoms with Crippen LogP contribution in [0.1, 0.15) is 25.7 Å². The van der Waals surface area contributed by atoms with Crippen molar-refractivity contribution < 1.29 is 19.2 Å². The van der Waals surface area contributed by atoms with Crippen LogP contribution >= 0.6 is 0 Å². The van der Waals surface area contributed by atoms with Crippen LogP contribution in [0.4, 0.5) is 11.4 Å². The molecule has 0 fully saturated rings. The predicted octanol–water partition coefficient (Wildman–Crippen LogP) is 2.75. The number of carbonyl (C=O) groups excluding carboxylic acids is 1. The lowest BCUT2D eigenvalue weighted by molar-refractivity contribution is -0.384. The van der Waals surface area contributed by atoms with Gasteiger partial charge in [-0.2, -0.15) is 0 Å². The average molecular weight is 296 g/mol. The summed E-state index contributed by atoms with van der Waals surface area (Å²) in [7, 11) is 2.77. The Morgan fingerprint density at radius 1 is 1.29 bits per heavy atom. The molecule has 7 heteroatoms. The zero-order chi connectivity index (χ0) is 15.7. The summed E-state index contributed by atoms with van der Waals surface area (Å²) < 4.78 is 9.55. The lowest BCUT2D eigenvalue weighted by Gasteiger charge is -2.09. The van der Waals surface area contributed by atoms with Gasteiger partial charge in [0, 0.05) is 13.0 Å². The first-order chi connectivity index (χ1) is 10.1. The largest absolute Gasteiger partial charge is 0.490 e. The van der Waals surface area contributed by atoms with Gasteiger partial charge in [0.1, 0.15) is 5.69 Å². The van der Waals surface area contributed by atoms with Gasteiger partial charge in [-0.15, -0.1) is 0 Å². The number of ether oxygens (including phenoxy) is 2. The summed E-state index contributed by atoms with van der Waals surface area (Å²) in [6, 6.07) is 4.90. The van der Waals surface area contributed by atoms with Crippen LogP contribution in [0.25, 0.3) is 0 Å². The zero-order valence-corrected chi connectivity index (χ0v) is 12.3. The Hall–Kier alpha value is -2.31. The molecule has 116 valence electrons. The Balaban J connectivity index is 2.45. The molecule has 1 N–H and O–H groups in total. The number of hydrogen-bond acceptors (Lipinski definition) is 6. The minimum Gasteiger partial charge on any atom is -0.490 e. The molecular formula is C14H20N2O5. The lowest BCUT2D eigenvalue weighted by atomic mass is 10.2. The van der Waals surface area contributed by atoms with E-state index < -0.39 is 4.92 Å². The minimum absolute atomic E-state index is 0.0606. The van der Waals surface area contributed by atoms with E-state index in [4.69, 9.17) is 4.74 Å². The van der Waals surface area contributed by atoms with Crippen molar-refractivity contribution in [2.45, 2.75) is 25.7 Å². The molecular weight excluding hydrogens is 276 g/mol. The van der Waals surface area contributed by atoms with Crippen molar-refractivity contribution in [3.63, 3.8) is 0 Å². The maximum Gasteiger partial charge on any atom is 0.333 e. The van der Waals surface area contributed by atoms with E-state index in [0.29, 0.717) is 18.7 Å². The predicted molar refractivity (Wildman–Crippen MR) is 78.6 cm³/mol. The fourth-order valence-corrected chi connectivity index (χ4v) is 1.91. The van der Waals surface area contributed by atoms with Gasteiger partial charge >= 0.3 is 11.7 Å². The summed E-state index contributed by atoms with van der Waals surface area (Å²) in [6.07, 6.45) is 2.80. The summed E-state index contributed by atoms with van der Waals surface area (Å²) >= 11 is 0. The smallest absolute Gasteiger partial charge is 0.333 e. The van der Waals surface area contributed by atoms with Gasteiger partial charge in [-0.05, 0) is 25.0 Å². The van der Waals surface area contributed by atoms with E-state index in [1.54, 1.807) is 18.2 Å². The van der Waals surface area contributed by atoms with Gasteiger partial charge in [-0.25, -0.2) is 0 Å². The van der Waals surface area contributed by atoms with E-state index in [0.717, 1.165) is 19.3 Å². The topological polar surface area (TPSA) is 90.7 Å². The summed E-state index contributed by atoms with van der Waals surface area (Å²) in [4.78, 5) is 21.5. The fraction of sp³-hybridized carbons (Fsp3) is 0.500. The molecule has 0 saturated heterocycles. The maximum atomic E-state index is 11.1. The van der Waals surface area contributed by atoms with E-state index in [1.165, 1.54) is 14.2 Å². The Labute approximate surface area is 123 Å². The standard InChI is InChI=1S/C14H20N2O5/c1-20-12-8-6-7-11(14(12)16(18)19)15-10-5-3-4-9-13(17)21-2/h6-8,15H,3-5,9-10H2,1-2H3. The maximum absolute atomic E-state index is 11.1. The van der Waals surface area contributed by atoms with Gasteiger partial charge < -0.3 is 14.8 Å². The molecule has 7 nitrogen and oxygen atoms in total. The number of carbonyl (C=O) groups is 1. The Bertz CT molecular complexity index is 490. The molecule has 0 aliphatic heterocycles. The van der Waals surface area contributed by atoms with Gasteiger partial charge in [0.2, 0.25) is 0 Å². The van der Waals surface area contributed by atoms with Crippen LogP contribution in [-0.4, -0.2) is 31.7 Å². The number of unbranched alkanes of at least 4 members (excludes halogenated alkanes) is 2. The molecule has 0 unspecified atom stereocenters. The van der Waals surface area contributed by atoms with Crippen LogP contribution in [0.3, 0.4) is 0 Å². The van der Waals surface area contributed by atoms with Gasteiger partial charge in [0.15, 0.2) is 5.75 Å². The van der Waals surface area contributed by atoms with Crippen LogP contribution in [0.5, 0.6) is 5.75 Å². The molecule has 0 radical (unpaired) electrons. The lowest BCUT2D eigenvalue weighted by Crippen LogP contribution is -2.06. The van der Waals surface area contributed by atoms with Crippen LogP contribution in [0, 0.1) is 10.1 Å². The number of nitro benzene ring substituents is 1. The number of para-hydroxylation sites is 1. The Morgan fingerprint density at radius 3 is 2.67 bits per heavy atom. The van der Waals surface area contributed by atoms with Crippen LogP contribution < -0.4 is 10.1 Å². The number of esters is 1. The molecule has 1 aromatic rings. The highest BCUT2D eigenvalue weighted by atomic mass is 16.6. The number of nitrogens with zero attached hydrogens (tertiary/aromatic N) is 1. The van der Waals surface area contributed by atoms with E-state index in [2.05, 4.69) is 10.1 Å². The summed E-state index contributed by atoms with van der Waals surface area (Å²) in [5.41, 5.74) is 0.377. The Morgan fingerprint density at radius 2 is 2.05 bits per heavy atom. The number of methoxy groups -OCH3 is 2. The fourth-order valence-electron chi connectivity index (χ4n) is 1.91. The number of anilines is 1. The van der Waals surface area contributed by atoms with Crippen molar-refractivity contribution in [2.75, 3.05) is 26.1 Å². The number of benzene rings is 1. The molecule has 0 heterocycles. The van der Waals surface area contributed by atoms with Gasteiger partial charge in [0.05, 0.1) is 19.1 Å². The van der Waals surface area contributed by atoms with E-state index in [9.17, 15) is 14.9 Å². The highest BCUT2D eigenvalue weighted by molar-refractivity contribution is 5.69. The van der Waals surface area contributed by atoms with Crippen molar-refractivity contribution in [1.82, 2.24) is 0 Å². The van der Waals surface area contributed by atoms with Crippen molar-refractivity contribution >= 4 is 17.3 Å². The quantitative estimate of drug-likeness (QED) is 0.326. The molecule has 0 aliphatic carbocycles. The monoisotopic (exact) mass is 296 g/mol. The van der Waals surface area contributed by atoms with Gasteiger partial charge in [0.25, 0.3) is 0 Å². The van der Waals surface area contributed by atoms with Gasteiger partial charge in [-0.3, -0.25) is 14.9 Å². The van der Waals surface area contributed by atoms with E-state index in [1.807, 2.05) is 0 Å². The first-order valence-corrected chi connectivity index (χ1v) is 6.72. The molecule has 1 aromatic carbocycles. The van der Waals surface area contributed by atoms with Crippen molar-refractivity contribution in [2.24, 2.45) is 0 Å². The van der Waals surface area contributed by atoms with Gasteiger partial charge in [-0.1, -0.05) is 12.5 Å². The van der Waals surface area contributed by atoms with Crippen molar-refractivity contribution in [3.8, 4) is 5.75 Å². The molecule has 0 amide bonds. The molecule has 1 rings (SSSR count). The van der Waals surface area contributed by atoms with Crippen LogP contribution in [0.15, 0.2) is 18.2 Å². The van der Waals surface area contributed by atoms with Crippen LogP contribution in [-0.2, 0) is 9.53 Å². The average Bonchev–Trinajstić information content (AvgIpc) is 2.49. The third-order valence-corrected chi connectivity index (χ3v) is 3.00. The molecule has 0 spiro atoms. The molecule has 0 bridgehead atoms. The molecule has 21 heavy (non-hydrogen) atoms. The third kappa shape index (κ3) is 5.29. The number of nitrogens with one attached hydrogen (secondary N) is 1. The Kier molecular flexibility index (Phi) is 7.00. The van der Waals surface area contributed by atoms with Crippen molar-refractivity contribution in [1.29, 1.82) is 0 Å². The second kappa shape index (κ2) is 8.78. The first kappa shape index (κ1) is 16.7. The first-order valence-electron chi connectivity index (χ1n) is 6.72. The second-order valence-electron chi connectivity index (χ2n) is 4.43. The van der Waals surface area contributed by atoms with E-state index in [-0.39, 0.29) is 17.4 Å². The summed E-state index contributed by atoms with van der Waals surface area (Å²) in [6.45, 7) is 0.592. The second-order valence-corrected chi connectivity index (χ2v) is 4.43. The normalized spacial score (nSPS) is 10.0. The molecule has 0 saturated carbocycles. The molecule has 0 atom stereocenters. The number of nitro groups is 1. The molecule has 0 aliphatic rings. The van der Waals surface area contributed by atoms with E-state index >= 15 is 0 Å². The zero-order valence-electron chi connectivity index (χ0n) is 12.3. The van der Waals surface area contributed by atoms with Crippen LogP contribution in [0.2, 0.25) is 0 Å². The van der Waals surface area contributed by atoms with Crippen molar-refractivity contribution in [3.05, 3.63) is 28.3 Å². The number of rotatable bonds is 9. The SMILES string of the molecule is COC(=O)CCCCCNc1cccc(OC)c1[N+](=O)[O-].